The molecule has 0 atom stereocenters. The minimum atomic E-state index is -0.164. The second kappa shape index (κ2) is 5.63. The Morgan fingerprint density at radius 1 is 1.47 bits per heavy atom. The highest BCUT2D eigenvalue weighted by Crippen LogP contribution is 2.18. The Labute approximate surface area is 101 Å². The molecular formula is C12H17N3O2. The zero-order valence-corrected chi connectivity index (χ0v) is 9.98. The lowest BCUT2D eigenvalue weighted by molar-refractivity contribution is -0.119. The van der Waals surface area contributed by atoms with Crippen molar-refractivity contribution in [2.45, 2.75) is 12.8 Å². The zero-order chi connectivity index (χ0) is 12.1. The first-order chi connectivity index (χ1) is 8.29. The number of methoxy groups -OCH3 is 1. The number of carbonyl (C=O) groups excluding carboxylic acids is 1. The SMILES string of the molecule is COCC(=O)Nc1ccc(N2CCCC2)nc1. The third-order valence-electron chi connectivity index (χ3n) is 2.74. The Kier molecular flexibility index (Phi) is 3.93. The van der Waals surface area contributed by atoms with Crippen molar-refractivity contribution in [1.82, 2.24) is 4.98 Å². The highest BCUT2D eigenvalue weighted by Gasteiger charge is 2.13. The van der Waals surface area contributed by atoms with E-state index in [2.05, 4.69) is 15.2 Å². The molecule has 0 aromatic carbocycles. The van der Waals surface area contributed by atoms with Crippen molar-refractivity contribution < 1.29 is 9.53 Å². The largest absolute Gasteiger partial charge is 0.375 e. The topological polar surface area (TPSA) is 54.5 Å². The van der Waals surface area contributed by atoms with Gasteiger partial charge >= 0.3 is 0 Å². The first-order valence-electron chi connectivity index (χ1n) is 5.79. The number of amides is 1. The van der Waals surface area contributed by atoms with Crippen LogP contribution in [0.1, 0.15) is 12.8 Å². The van der Waals surface area contributed by atoms with Crippen molar-refractivity contribution >= 4 is 17.4 Å². The van der Waals surface area contributed by atoms with Crippen molar-refractivity contribution in [3.63, 3.8) is 0 Å². The molecule has 0 bridgehead atoms. The molecule has 17 heavy (non-hydrogen) atoms. The van der Waals surface area contributed by atoms with Gasteiger partial charge in [-0.25, -0.2) is 4.98 Å². The summed E-state index contributed by atoms with van der Waals surface area (Å²) in [4.78, 5) is 17.9. The minimum Gasteiger partial charge on any atom is -0.375 e. The summed E-state index contributed by atoms with van der Waals surface area (Å²) < 4.78 is 4.74. The molecule has 2 heterocycles. The van der Waals surface area contributed by atoms with E-state index in [1.54, 1.807) is 6.20 Å². The summed E-state index contributed by atoms with van der Waals surface area (Å²) in [6, 6.07) is 3.81. The van der Waals surface area contributed by atoms with E-state index < -0.39 is 0 Å². The number of aromatic nitrogens is 1. The van der Waals surface area contributed by atoms with Gasteiger partial charge in [-0.2, -0.15) is 0 Å². The summed E-state index contributed by atoms with van der Waals surface area (Å²) in [5.41, 5.74) is 0.704. The number of anilines is 2. The van der Waals surface area contributed by atoms with Crippen LogP contribution in [0, 0.1) is 0 Å². The highest BCUT2D eigenvalue weighted by atomic mass is 16.5. The molecule has 0 unspecified atom stereocenters. The van der Waals surface area contributed by atoms with Gasteiger partial charge in [0.25, 0.3) is 0 Å². The van der Waals surface area contributed by atoms with Crippen LogP contribution in [0.25, 0.3) is 0 Å². The van der Waals surface area contributed by atoms with Crippen LogP contribution in [0.3, 0.4) is 0 Å². The third kappa shape index (κ3) is 3.17. The van der Waals surface area contributed by atoms with Crippen molar-refractivity contribution in [2.24, 2.45) is 0 Å². The molecule has 1 N–H and O–H groups in total. The van der Waals surface area contributed by atoms with E-state index in [1.807, 2.05) is 12.1 Å². The van der Waals surface area contributed by atoms with Crippen LogP contribution in [0.2, 0.25) is 0 Å². The van der Waals surface area contributed by atoms with E-state index in [-0.39, 0.29) is 12.5 Å². The number of nitrogens with one attached hydrogen (secondary N) is 1. The lowest BCUT2D eigenvalue weighted by Gasteiger charge is -2.16. The molecule has 1 aromatic rings. The van der Waals surface area contributed by atoms with Gasteiger partial charge in [0.2, 0.25) is 5.91 Å². The van der Waals surface area contributed by atoms with Crippen LogP contribution in [0.4, 0.5) is 11.5 Å². The molecule has 1 amide bonds. The fourth-order valence-corrected chi connectivity index (χ4v) is 1.92. The van der Waals surface area contributed by atoms with Gasteiger partial charge in [-0.1, -0.05) is 0 Å². The van der Waals surface area contributed by atoms with Crippen LogP contribution < -0.4 is 10.2 Å². The molecule has 0 saturated carbocycles. The fourth-order valence-electron chi connectivity index (χ4n) is 1.92. The fraction of sp³-hybridized carbons (Fsp3) is 0.500. The molecule has 1 aliphatic heterocycles. The maximum atomic E-state index is 11.3. The zero-order valence-electron chi connectivity index (χ0n) is 9.98. The average Bonchev–Trinajstić information content (AvgIpc) is 2.84. The maximum absolute atomic E-state index is 11.3. The molecule has 1 aliphatic rings. The number of nitrogens with zero attached hydrogens (tertiary/aromatic N) is 2. The summed E-state index contributed by atoms with van der Waals surface area (Å²) >= 11 is 0. The van der Waals surface area contributed by atoms with E-state index >= 15 is 0 Å². The quantitative estimate of drug-likeness (QED) is 0.853. The number of carbonyl (C=O) groups is 1. The summed E-state index contributed by atoms with van der Waals surface area (Å²) in [6.07, 6.45) is 4.14. The average molecular weight is 235 g/mol. The smallest absolute Gasteiger partial charge is 0.250 e. The van der Waals surface area contributed by atoms with E-state index in [0.717, 1.165) is 18.9 Å². The highest BCUT2D eigenvalue weighted by molar-refractivity contribution is 5.91. The second-order valence-electron chi connectivity index (χ2n) is 4.08. The molecule has 5 nitrogen and oxygen atoms in total. The second-order valence-corrected chi connectivity index (χ2v) is 4.08. The van der Waals surface area contributed by atoms with Gasteiger partial charge in [0.15, 0.2) is 0 Å². The van der Waals surface area contributed by atoms with Crippen LogP contribution in [-0.2, 0) is 9.53 Å². The van der Waals surface area contributed by atoms with Gasteiger partial charge < -0.3 is 15.0 Å². The predicted molar refractivity (Wildman–Crippen MR) is 66.2 cm³/mol. The van der Waals surface area contributed by atoms with Crippen LogP contribution in [-0.4, -0.2) is 37.7 Å². The summed E-state index contributed by atoms with van der Waals surface area (Å²) in [6.45, 7) is 2.21. The van der Waals surface area contributed by atoms with Crippen LogP contribution in [0.15, 0.2) is 18.3 Å². The number of ether oxygens (including phenoxy) is 1. The lowest BCUT2D eigenvalue weighted by Crippen LogP contribution is -2.20. The Hall–Kier alpha value is -1.62. The maximum Gasteiger partial charge on any atom is 0.250 e. The summed E-state index contributed by atoms with van der Waals surface area (Å²) in [5.74, 6) is 0.815. The number of rotatable bonds is 4. The number of hydrogen-bond donors (Lipinski definition) is 1. The van der Waals surface area contributed by atoms with Gasteiger partial charge in [-0.05, 0) is 25.0 Å². The monoisotopic (exact) mass is 235 g/mol. The summed E-state index contributed by atoms with van der Waals surface area (Å²) in [7, 11) is 1.49. The molecule has 1 aromatic heterocycles. The van der Waals surface area contributed by atoms with Gasteiger partial charge in [0, 0.05) is 20.2 Å². The first kappa shape index (κ1) is 11.9. The molecule has 1 fully saturated rings. The molecule has 5 heteroatoms. The van der Waals surface area contributed by atoms with Crippen molar-refractivity contribution in [3.05, 3.63) is 18.3 Å². The third-order valence-corrected chi connectivity index (χ3v) is 2.74. The van der Waals surface area contributed by atoms with E-state index in [1.165, 1.54) is 20.0 Å². The Morgan fingerprint density at radius 2 is 2.24 bits per heavy atom. The Bertz CT molecular complexity index is 372. The van der Waals surface area contributed by atoms with Crippen molar-refractivity contribution in [2.75, 3.05) is 37.0 Å². The number of hydrogen-bond acceptors (Lipinski definition) is 4. The molecule has 2 rings (SSSR count). The number of pyridine rings is 1. The molecule has 0 radical (unpaired) electrons. The van der Waals surface area contributed by atoms with Gasteiger partial charge in [0.05, 0.1) is 11.9 Å². The predicted octanol–water partition coefficient (Wildman–Crippen LogP) is 1.27. The standard InChI is InChI=1S/C12H17N3O2/c1-17-9-12(16)14-10-4-5-11(13-8-10)15-6-2-3-7-15/h4-5,8H,2-3,6-7,9H2,1H3,(H,14,16). The molecule has 0 spiro atoms. The van der Waals surface area contributed by atoms with Gasteiger partial charge in [0.1, 0.15) is 12.4 Å². The van der Waals surface area contributed by atoms with Crippen molar-refractivity contribution in [1.29, 1.82) is 0 Å². The van der Waals surface area contributed by atoms with Crippen LogP contribution in [0.5, 0.6) is 0 Å². The molecular weight excluding hydrogens is 218 g/mol. The molecule has 0 aliphatic carbocycles. The Morgan fingerprint density at radius 3 is 2.82 bits per heavy atom. The molecule has 92 valence electrons. The van der Waals surface area contributed by atoms with Crippen molar-refractivity contribution in [3.8, 4) is 0 Å². The van der Waals surface area contributed by atoms with E-state index in [4.69, 9.17) is 4.74 Å². The summed E-state index contributed by atoms with van der Waals surface area (Å²) in [5, 5.41) is 2.72. The first-order valence-corrected chi connectivity index (χ1v) is 5.79. The van der Waals surface area contributed by atoms with Gasteiger partial charge in [-0.15, -0.1) is 0 Å². The van der Waals surface area contributed by atoms with Gasteiger partial charge in [-0.3, -0.25) is 4.79 Å². The van der Waals surface area contributed by atoms with Crippen LogP contribution >= 0.6 is 0 Å². The van der Waals surface area contributed by atoms with E-state index in [0.29, 0.717) is 5.69 Å². The lowest BCUT2D eigenvalue weighted by atomic mass is 10.4. The van der Waals surface area contributed by atoms with E-state index in [9.17, 15) is 4.79 Å². The Balaban J connectivity index is 1.95. The minimum absolute atomic E-state index is 0.0634. The normalized spacial score (nSPS) is 15.0. The molecule has 1 saturated heterocycles.